The molecule has 0 amide bonds. The molecule has 8 heteroatoms. The molecule has 2 heterocycles. The lowest BCUT2D eigenvalue weighted by atomic mass is 9.66. The maximum atomic E-state index is 7.30. The molecule has 0 radical (unpaired) electrons. The highest BCUT2D eigenvalue weighted by molar-refractivity contribution is 6.39. The van der Waals surface area contributed by atoms with Gasteiger partial charge in [-0.15, -0.1) is 0 Å². The zero-order chi connectivity index (χ0) is 42.0. The summed E-state index contributed by atoms with van der Waals surface area (Å²) in [6.07, 6.45) is 0. The van der Waals surface area contributed by atoms with Crippen molar-refractivity contribution in [2.24, 2.45) is 0 Å². The maximum Gasteiger partial charge on any atom is 0.715 e. The molecule has 0 bridgehead atoms. The molecule has 0 saturated carbocycles. The standard InChI is InChI=1S/C54H44B2O6/c1-41-40-49(57-55-59-51(2,42-24-10-3-11-25-42)52(60-55,43-26-12-4-13-27-43)44-28-14-5-15-29-44)38-39-50(41)58-56-61-53(45-30-16-6-17-31-45,46-32-18-7-19-33-46)54(62-56,47-34-20-8-21-35-47)48-36-22-9-23-37-48/h3-40H,1-2H3. The van der Waals surface area contributed by atoms with Gasteiger partial charge in [-0.1, -0.05) is 212 Å². The number of aryl methyl sites for hydroxylation is 1. The lowest BCUT2D eigenvalue weighted by Gasteiger charge is -2.45. The SMILES string of the molecule is Cc1cc(OB2OC(C)(c3ccccc3)C(c3ccccc3)(c3ccccc3)O2)ccc1OB1OC(c2ccccc2)(c2ccccc2)C(c2ccccc2)(c2ccccc2)O1. The van der Waals surface area contributed by atoms with Gasteiger partial charge >= 0.3 is 14.6 Å². The number of benzene rings is 8. The van der Waals surface area contributed by atoms with Crippen LogP contribution in [0.5, 0.6) is 11.5 Å². The summed E-state index contributed by atoms with van der Waals surface area (Å²) in [5, 5.41) is 0. The molecule has 10 rings (SSSR count). The predicted octanol–water partition coefficient (Wildman–Crippen LogP) is 11.6. The molecule has 62 heavy (non-hydrogen) atoms. The third kappa shape index (κ3) is 6.46. The van der Waals surface area contributed by atoms with E-state index in [9.17, 15) is 0 Å². The van der Waals surface area contributed by atoms with Gasteiger partial charge in [-0.25, -0.2) is 0 Å². The molecule has 1 unspecified atom stereocenters. The fraction of sp³-hybridized carbons (Fsp3) is 0.111. The second kappa shape index (κ2) is 16.3. The van der Waals surface area contributed by atoms with Crippen molar-refractivity contribution in [3.05, 3.63) is 275 Å². The van der Waals surface area contributed by atoms with E-state index in [1.54, 1.807) is 0 Å². The van der Waals surface area contributed by atoms with E-state index in [1.165, 1.54) is 0 Å². The van der Waals surface area contributed by atoms with Gasteiger partial charge in [0.2, 0.25) is 0 Å². The van der Waals surface area contributed by atoms with Crippen molar-refractivity contribution in [3.63, 3.8) is 0 Å². The molecule has 8 aromatic rings. The summed E-state index contributed by atoms with van der Waals surface area (Å²) in [6, 6.07) is 77.4. The van der Waals surface area contributed by atoms with Gasteiger partial charge in [0.1, 0.15) is 33.9 Å². The van der Waals surface area contributed by atoms with E-state index in [2.05, 4.69) is 91.9 Å². The Morgan fingerprint density at radius 2 is 0.645 bits per heavy atom. The average molecular weight is 811 g/mol. The van der Waals surface area contributed by atoms with Gasteiger partial charge in [-0.2, -0.15) is 0 Å². The van der Waals surface area contributed by atoms with Crippen molar-refractivity contribution in [2.75, 3.05) is 0 Å². The van der Waals surface area contributed by atoms with Crippen LogP contribution in [0.3, 0.4) is 0 Å². The van der Waals surface area contributed by atoms with E-state index in [0.29, 0.717) is 11.5 Å². The highest BCUT2D eigenvalue weighted by Crippen LogP contribution is 2.59. The minimum absolute atomic E-state index is 0.547. The van der Waals surface area contributed by atoms with E-state index in [0.717, 1.165) is 44.5 Å². The molecular formula is C54H44B2O6. The molecule has 0 aliphatic carbocycles. The highest BCUT2D eigenvalue weighted by atomic mass is 16.8. The predicted molar refractivity (Wildman–Crippen MR) is 243 cm³/mol. The molecule has 0 aromatic heterocycles. The van der Waals surface area contributed by atoms with Crippen molar-refractivity contribution < 1.29 is 27.9 Å². The van der Waals surface area contributed by atoms with Gasteiger partial charge in [0.25, 0.3) is 0 Å². The Hall–Kier alpha value is -6.67. The largest absolute Gasteiger partial charge is 0.715 e. The molecular weight excluding hydrogens is 766 g/mol. The van der Waals surface area contributed by atoms with E-state index in [-0.39, 0.29) is 0 Å². The summed E-state index contributed by atoms with van der Waals surface area (Å²) >= 11 is 0. The second-order valence-electron chi connectivity index (χ2n) is 15.9. The zero-order valence-electron chi connectivity index (χ0n) is 34.5. The van der Waals surface area contributed by atoms with E-state index < -0.39 is 37.0 Å². The summed E-state index contributed by atoms with van der Waals surface area (Å²) in [6.45, 7) is 4.05. The molecule has 2 fully saturated rings. The average Bonchev–Trinajstić information content (AvgIpc) is 3.86. The lowest BCUT2D eigenvalue weighted by Crippen LogP contribution is -2.48. The zero-order valence-corrected chi connectivity index (χ0v) is 34.5. The molecule has 8 aromatic carbocycles. The van der Waals surface area contributed by atoms with Gasteiger partial charge in [-0.3, -0.25) is 0 Å². The number of rotatable bonds is 11. The van der Waals surface area contributed by atoms with Crippen LogP contribution in [-0.4, -0.2) is 14.6 Å². The first kappa shape index (κ1) is 39.5. The smallest absolute Gasteiger partial charge is 0.512 e. The van der Waals surface area contributed by atoms with E-state index in [4.69, 9.17) is 27.9 Å². The molecule has 6 nitrogen and oxygen atoms in total. The van der Waals surface area contributed by atoms with E-state index >= 15 is 0 Å². The Balaban J connectivity index is 1.02. The Labute approximate surface area is 364 Å². The first-order valence-corrected chi connectivity index (χ1v) is 21.0. The summed E-state index contributed by atoms with van der Waals surface area (Å²) in [5.41, 5.74) is 2.97. The van der Waals surface area contributed by atoms with Gasteiger partial charge < -0.3 is 27.9 Å². The van der Waals surface area contributed by atoms with Crippen molar-refractivity contribution in [1.29, 1.82) is 0 Å². The first-order valence-electron chi connectivity index (χ1n) is 21.0. The van der Waals surface area contributed by atoms with Crippen molar-refractivity contribution in [3.8, 4) is 11.5 Å². The Kier molecular flexibility index (Phi) is 10.4. The Morgan fingerprint density at radius 1 is 0.339 bits per heavy atom. The second-order valence-corrected chi connectivity index (χ2v) is 15.9. The van der Waals surface area contributed by atoms with Crippen LogP contribution in [0.1, 0.15) is 51.4 Å². The van der Waals surface area contributed by atoms with Crippen molar-refractivity contribution >= 4 is 14.6 Å². The Morgan fingerprint density at radius 3 is 1.00 bits per heavy atom. The molecule has 0 spiro atoms. The monoisotopic (exact) mass is 810 g/mol. The summed E-state index contributed by atoms with van der Waals surface area (Å²) in [4.78, 5) is 0. The third-order valence-corrected chi connectivity index (χ3v) is 12.3. The molecule has 0 N–H and O–H groups in total. The van der Waals surface area contributed by atoms with Crippen LogP contribution < -0.4 is 9.31 Å². The fourth-order valence-corrected chi connectivity index (χ4v) is 9.51. The normalized spacial score (nSPS) is 18.6. The van der Waals surface area contributed by atoms with Crippen molar-refractivity contribution in [1.82, 2.24) is 0 Å². The highest BCUT2D eigenvalue weighted by Gasteiger charge is 2.68. The molecule has 2 aliphatic heterocycles. The molecule has 302 valence electrons. The number of hydrogen-bond donors (Lipinski definition) is 0. The first-order chi connectivity index (χ1) is 30.5. The van der Waals surface area contributed by atoms with Crippen LogP contribution in [0.4, 0.5) is 0 Å². The van der Waals surface area contributed by atoms with Crippen LogP contribution in [-0.2, 0) is 41.0 Å². The lowest BCUT2D eigenvalue weighted by molar-refractivity contribution is -0.0147. The summed E-state index contributed by atoms with van der Waals surface area (Å²) in [7, 11) is -2.20. The van der Waals surface area contributed by atoms with Gasteiger partial charge in [0.15, 0.2) is 0 Å². The van der Waals surface area contributed by atoms with Gasteiger partial charge in [0, 0.05) is 0 Å². The van der Waals surface area contributed by atoms with Gasteiger partial charge in [-0.05, 0) is 76.6 Å². The quantitative estimate of drug-likeness (QED) is 0.121. The number of hydrogen-bond acceptors (Lipinski definition) is 6. The van der Waals surface area contributed by atoms with E-state index in [1.807, 2.05) is 153 Å². The van der Waals surface area contributed by atoms with Crippen LogP contribution in [0.25, 0.3) is 0 Å². The van der Waals surface area contributed by atoms with Crippen molar-refractivity contribution in [2.45, 2.75) is 36.3 Å². The topological polar surface area (TPSA) is 55.4 Å². The summed E-state index contributed by atoms with van der Waals surface area (Å²) in [5.74, 6) is 1.12. The minimum atomic E-state index is -1.17. The maximum absolute atomic E-state index is 7.30. The molecule has 2 aliphatic rings. The van der Waals surface area contributed by atoms with Crippen LogP contribution in [0.2, 0.25) is 0 Å². The summed E-state index contributed by atoms with van der Waals surface area (Å²) < 4.78 is 42.0. The molecule has 2 saturated heterocycles. The van der Waals surface area contributed by atoms with Crippen LogP contribution in [0, 0.1) is 6.92 Å². The fourth-order valence-electron chi connectivity index (χ4n) is 9.51. The van der Waals surface area contributed by atoms with Gasteiger partial charge in [0.05, 0.1) is 0 Å². The Bertz CT molecular complexity index is 2520. The molecule has 1 atom stereocenters. The van der Waals surface area contributed by atoms with Crippen LogP contribution in [0.15, 0.2) is 231 Å². The van der Waals surface area contributed by atoms with Crippen LogP contribution >= 0.6 is 0 Å². The third-order valence-electron chi connectivity index (χ3n) is 12.3. The minimum Gasteiger partial charge on any atom is -0.512 e.